The van der Waals surface area contributed by atoms with Gasteiger partial charge in [-0.1, -0.05) is 0 Å². The molecule has 0 unspecified atom stereocenters. The van der Waals surface area contributed by atoms with Crippen LogP contribution in [0.25, 0.3) is 0 Å². The Hall–Kier alpha value is 1.17. The molecular formula is H6AgO9S4. The monoisotopic (exact) mass is 385 g/mol. The van der Waals surface area contributed by atoms with Crippen LogP contribution in [0.2, 0.25) is 0 Å². The van der Waals surface area contributed by atoms with Crippen molar-refractivity contribution in [3.05, 3.63) is 0 Å². The summed E-state index contributed by atoms with van der Waals surface area (Å²) in [5, 5.41) is 0. The molecule has 0 aromatic heterocycles. The first-order chi connectivity index (χ1) is 5.46. The van der Waals surface area contributed by atoms with E-state index in [1.165, 1.54) is 0 Å². The first-order valence-electron chi connectivity index (χ1n) is 1.76. The smallest absolute Gasteiger partial charge is 0.285 e. The van der Waals surface area contributed by atoms with E-state index in [1.54, 1.807) is 0 Å². The molecule has 14 heteroatoms. The van der Waals surface area contributed by atoms with Crippen molar-refractivity contribution in [3.8, 4) is 0 Å². The van der Waals surface area contributed by atoms with Crippen molar-refractivity contribution in [3.63, 3.8) is 0 Å². The van der Waals surface area contributed by atoms with Crippen molar-refractivity contribution in [2.24, 2.45) is 0 Å². The van der Waals surface area contributed by atoms with E-state index < -0.39 is 31.8 Å². The second-order valence-electron chi connectivity index (χ2n) is 0.909. The fraction of sp³-hybridized carbons (Fsp3) is 0. The van der Waals surface area contributed by atoms with E-state index in [2.05, 4.69) is 11.2 Å². The third kappa shape index (κ3) is 1420. The predicted octanol–water partition coefficient (Wildman–Crippen LogP) is -0.962. The minimum absolute atomic E-state index is 0. The largest absolute Gasteiger partial charge is 0.299 e. The van der Waals surface area contributed by atoms with Crippen LogP contribution in [0.5, 0.6) is 0 Å². The second kappa shape index (κ2) is 14.2. The van der Waals surface area contributed by atoms with E-state index in [0.717, 1.165) is 0 Å². The molecule has 0 spiro atoms. The van der Waals surface area contributed by atoms with Gasteiger partial charge in [-0.05, 0) is 0 Å². The number of hydrogen-bond acceptors (Lipinski definition) is 4. The van der Waals surface area contributed by atoms with Crippen LogP contribution in [0.1, 0.15) is 0 Å². The van der Waals surface area contributed by atoms with Gasteiger partial charge in [0, 0.05) is 33.6 Å². The molecule has 9 nitrogen and oxygen atoms in total. The summed E-state index contributed by atoms with van der Waals surface area (Å²) in [6.07, 6.45) is 0. The van der Waals surface area contributed by atoms with Gasteiger partial charge in [0.1, 0.15) is 0 Å². The average molecular weight is 386 g/mol. The Bertz CT molecular complexity index is 212. The van der Waals surface area contributed by atoms with Gasteiger partial charge in [0.2, 0.25) is 0 Å². The summed E-state index contributed by atoms with van der Waals surface area (Å²) in [5.41, 5.74) is 0. The van der Waals surface area contributed by atoms with Gasteiger partial charge in [0.25, 0.3) is 31.8 Å². The van der Waals surface area contributed by atoms with Gasteiger partial charge in [-0.2, -0.15) is 12.6 Å². The van der Waals surface area contributed by atoms with Gasteiger partial charge in [-0.25, -0.2) is 0 Å². The molecular weight excluding hydrogens is 380 g/mol. The Morgan fingerprint density at radius 3 is 0.929 bits per heavy atom. The summed E-state index contributed by atoms with van der Waals surface area (Å²) in [6.45, 7) is 0. The van der Waals surface area contributed by atoms with Gasteiger partial charge < -0.3 is 0 Å². The van der Waals surface area contributed by atoms with Gasteiger partial charge >= 0.3 is 0 Å². The topological polar surface area (TPSA) is 173 Å². The SMILES string of the molecule is O=S(O)(O)=S.O=S(O)O.O=S(O)O.[Ag]. The minimum Gasteiger partial charge on any atom is -0.285 e. The Kier molecular flexibility index (Phi) is 24.7. The van der Waals surface area contributed by atoms with Crippen LogP contribution in [0.15, 0.2) is 0 Å². The molecule has 0 aromatic rings. The Morgan fingerprint density at radius 2 is 0.929 bits per heavy atom. The summed E-state index contributed by atoms with van der Waals surface area (Å²) in [7, 11) is -3.83. The predicted molar refractivity (Wildman–Crippen MR) is 47.6 cm³/mol. The van der Waals surface area contributed by atoms with Gasteiger partial charge in [-0.3, -0.25) is 27.3 Å². The quantitative estimate of drug-likeness (QED) is 0.225. The van der Waals surface area contributed by atoms with E-state index in [1.807, 2.05) is 0 Å². The molecule has 0 rings (SSSR count). The molecule has 0 aliphatic heterocycles. The third-order valence-corrected chi connectivity index (χ3v) is 0. The average Bonchev–Trinajstić information content (AvgIpc) is 1.50. The maximum absolute atomic E-state index is 9.11. The van der Waals surface area contributed by atoms with Crippen LogP contribution in [0, 0.1) is 0 Å². The van der Waals surface area contributed by atoms with Crippen molar-refractivity contribution in [2.45, 2.75) is 0 Å². The summed E-state index contributed by atoms with van der Waals surface area (Å²) in [5.74, 6) is 0. The second-order valence-corrected chi connectivity index (χ2v) is 4.03. The van der Waals surface area contributed by atoms with Crippen molar-refractivity contribution in [2.75, 3.05) is 0 Å². The zero-order chi connectivity index (χ0) is 11.7. The molecule has 0 atom stereocenters. The normalized spacial score (nSPS) is 9.14. The molecule has 0 heterocycles. The Balaban J connectivity index is -0.0000000522. The molecule has 0 bridgehead atoms. The van der Waals surface area contributed by atoms with Crippen molar-refractivity contribution < 1.29 is 62.3 Å². The van der Waals surface area contributed by atoms with Crippen LogP contribution in [-0.4, -0.2) is 39.9 Å². The summed E-state index contributed by atoms with van der Waals surface area (Å²) < 4.78 is 69.6. The van der Waals surface area contributed by atoms with Crippen LogP contribution in [0.4, 0.5) is 0 Å². The van der Waals surface area contributed by atoms with E-state index in [-0.39, 0.29) is 22.4 Å². The van der Waals surface area contributed by atoms with Crippen LogP contribution >= 0.6 is 0 Å². The standard InChI is InChI=1S/Ag.H2O3S2.2H2O3S/c;1-5(2,3)4;2*1-4(2)3/h;(H2,1,2,3,4);2*(H2,1,2,3). The van der Waals surface area contributed by atoms with Crippen molar-refractivity contribution >= 4 is 43.0 Å². The van der Waals surface area contributed by atoms with E-state index in [0.29, 0.717) is 0 Å². The molecule has 14 heavy (non-hydrogen) atoms. The van der Waals surface area contributed by atoms with Crippen LogP contribution in [-0.2, 0) is 65.3 Å². The van der Waals surface area contributed by atoms with E-state index in [9.17, 15) is 0 Å². The third-order valence-electron chi connectivity index (χ3n) is 0. The fourth-order valence-electron chi connectivity index (χ4n) is 0. The molecule has 0 aliphatic carbocycles. The molecule has 0 amide bonds. The van der Waals surface area contributed by atoms with Gasteiger partial charge in [0.15, 0.2) is 0 Å². The Labute approximate surface area is 105 Å². The molecule has 95 valence electrons. The molecule has 6 N–H and O–H groups in total. The van der Waals surface area contributed by atoms with E-state index in [4.69, 9.17) is 39.9 Å². The van der Waals surface area contributed by atoms with Crippen LogP contribution < -0.4 is 0 Å². The minimum atomic E-state index is -3.83. The molecule has 1 radical (unpaired) electrons. The first kappa shape index (κ1) is 24.4. The zero-order valence-corrected chi connectivity index (χ0v) is 10.6. The van der Waals surface area contributed by atoms with Crippen molar-refractivity contribution in [1.29, 1.82) is 0 Å². The summed E-state index contributed by atoms with van der Waals surface area (Å²) in [4.78, 5) is 0. The van der Waals surface area contributed by atoms with Gasteiger partial charge in [-0.15, -0.1) is 0 Å². The van der Waals surface area contributed by atoms with Crippen molar-refractivity contribution in [1.82, 2.24) is 0 Å². The number of rotatable bonds is 0. The number of hydrogen-bond donors (Lipinski definition) is 6. The maximum Gasteiger partial charge on any atom is 0.299 e. The maximum atomic E-state index is 9.11. The summed E-state index contributed by atoms with van der Waals surface area (Å²) in [6, 6.07) is 0. The first-order valence-corrected chi connectivity index (χ1v) is 6.29. The molecule has 0 fully saturated rings. The summed E-state index contributed by atoms with van der Waals surface area (Å²) >= 11 is -1.76. The molecule has 0 aliphatic rings. The van der Waals surface area contributed by atoms with Gasteiger partial charge in [0.05, 0.1) is 0 Å². The van der Waals surface area contributed by atoms with E-state index >= 15 is 0 Å². The molecule has 0 saturated heterocycles. The molecule has 0 aromatic carbocycles. The molecule has 0 saturated carbocycles. The fourth-order valence-corrected chi connectivity index (χ4v) is 0. The zero-order valence-electron chi connectivity index (χ0n) is 5.84. The Morgan fingerprint density at radius 1 is 0.929 bits per heavy atom. The van der Waals surface area contributed by atoms with Crippen LogP contribution in [0.3, 0.4) is 0 Å².